The summed E-state index contributed by atoms with van der Waals surface area (Å²) in [5, 5.41) is 17.1. The van der Waals surface area contributed by atoms with E-state index in [4.69, 9.17) is 4.74 Å². The number of nitrogens with zero attached hydrogens (tertiary/aromatic N) is 2. The van der Waals surface area contributed by atoms with Crippen LogP contribution in [0.1, 0.15) is 32.0 Å². The van der Waals surface area contributed by atoms with Crippen molar-refractivity contribution in [1.82, 2.24) is 15.3 Å². The van der Waals surface area contributed by atoms with Gasteiger partial charge in [0.1, 0.15) is 17.5 Å². The van der Waals surface area contributed by atoms with Crippen LogP contribution in [0.15, 0.2) is 48.8 Å². The highest BCUT2D eigenvalue weighted by molar-refractivity contribution is 5.92. The Morgan fingerprint density at radius 2 is 1.84 bits per heavy atom. The Kier molecular flexibility index (Phi) is 7.99. The van der Waals surface area contributed by atoms with Crippen molar-refractivity contribution in [2.24, 2.45) is 0 Å². The number of carboxylic acids is 1. The molecule has 0 spiro atoms. The van der Waals surface area contributed by atoms with Crippen molar-refractivity contribution in [2.45, 2.75) is 45.8 Å². The quantitative estimate of drug-likeness (QED) is 0.493. The summed E-state index contributed by atoms with van der Waals surface area (Å²) in [5.41, 5.74) is 1.75. The third-order valence-electron chi connectivity index (χ3n) is 4.41. The maximum absolute atomic E-state index is 11.9. The monoisotopic (exact) mass is 458 g/mol. The van der Waals surface area contributed by atoms with Crippen molar-refractivity contribution in [2.75, 3.05) is 5.32 Å². The maximum Gasteiger partial charge on any atom is 0.408 e. The molecule has 0 bridgehead atoms. The number of ether oxygens (including phenoxy) is 1. The first-order chi connectivity index (χ1) is 14.6. The number of pyridine rings is 2. The minimum Gasteiger partial charge on any atom is -0.480 e. The molecule has 0 aliphatic rings. The van der Waals surface area contributed by atoms with Crippen molar-refractivity contribution in [3.63, 3.8) is 0 Å². The number of fused-ring (bicyclic) bond motifs is 1. The molecule has 1 amide bonds. The molecule has 0 aliphatic carbocycles. The molecule has 3 aromatic rings. The fraction of sp³-hybridized carbons (Fsp3) is 0.304. The maximum atomic E-state index is 11.9. The van der Waals surface area contributed by atoms with Crippen LogP contribution in [-0.4, -0.2) is 38.8 Å². The minimum atomic E-state index is -1.13. The molecule has 1 aromatic carbocycles. The van der Waals surface area contributed by atoms with Crippen molar-refractivity contribution >= 4 is 46.7 Å². The average Bonchev–Trinajstić information content (AvgIpc) is 2.67. The molecule has 3 rings (SSSR count). The molecule has 2 aromatic heterocycles. The Bertz CT molecular complexity index is 1100. The van der Waals surface area contributed by atoms with Crippen LogP contribution >= 0.6 is 12.4 Å². The van der Waals surface area contributed by atoms with E-state index in [1.807, 2.05) is 43.3 Å². The number of hydrogen-bond acceptors (Lipinski definition) is 6. The Morgan fingerprint density at radius 1 is 1.16 bits per heavy atom. The molecule has 0 unspecified atom stereocenters. The van der Waals surface area contributed by atoms with Gasteiger partial charge in [0.15, 0.2) is 0 Å². The number of rotatable bonds is 6. The molecule has 9 heteroatoms. The Labute approximate surface area is 192 Å². The first-order valence-electron chi connectivity index (χ1n) is 9.90. The van der Waals surface area contributed by atoms with Gasteiger partial charge in [-0.05, 0) is 62.9 Å². The van der Waals surface area contributed by atoms with Crippen molar-refractivity contribution < 1.29 is 19.4 Å². The molecule has 0 fully saturated rings. The number of benzene rings is 1. The standard InChI is InChI=1S/C23H26N4O4.ClH/c1-14-11-16-9-10-24-13-18(16)20(25-14)26-17-7-5-15(6-8-17)12-19(21(28)29)27-22(30)31-23(2,3)4;/h5-11,13,19H,12H2,1-4H3,(H,25,26)(H,27,30)(H,28,29);1H/t19-;/m0./s1. The van der Waals surface area contributed by atoms with Crippen molar-refractivity contribution in [3.8, 4) is 0 Å². The van der Waals surface area contributed by atoms with Gasteiger partial charge in [-0.25, -0.2) is 14.6 Å². The predicted octanol–water partition coefficient (Wildman–Crippen LogP) is 4.62. The number of hydrogen-bond donors (Lipinski definition) is 3. The van der Waals surface area contributed by atoms with Crippen LogP contribution in [0.4, 0.5) is 16.3 Å². The lowest BCUT2D eigenvalue weighted by atomic mass is 10.1. The number of carboxylic acid groups (broad SMARTS) is 1. The van der Waals surface area contributed by atoms with Gasteiger partial charge in [-0.2, -0.15) is 0 Å². The van der Waals surface area contributed by atoms with Gasteiger partial charge in [-0.3, -0.25) is 4.98 Å². The normalized spacial score (nSPS) is 11.9. The van der Waals surface area contributed by atoms with Gasteiger partial charge in [0.25, 0.3) is 0 Å². The van der Waals surface area contributed by atoms with Gasteiger partial charge in [0.2, 0.25) is 0 Å². The zero-order valence-electron chi connectivity index (χ0n) is 18.4. The third kappa shape index (κ3) is 6.81. The molecule has 2 heterocycles. The van der Waals surface area contributed by atoms with Crippen LogP contribution in [0.5, 0.6) is 0 Å². The summed E-state index contributed by atoms with van der Waals surface area (Å²) in [4.78, 5) is 32.2. The van der Waals surface area contributed by atoms with Crippen LogP contribution in [0, 0.1) is 6.92 Å². The Morgan fingerprint density at radius 3 is 2.47 bits per heavy atom. The van der Waals surface area contributed by atoms with E-state index in [0.29, 0.717) is 5.82 Å². The first-order valence-corrected chi connectivity index (χ1v) is 9.90. The van der Waals surface area contributed by atoms with Gasteiger partial charge in [0.05, 0.1) is 0 Å². The SMILES string of the molecule is Cc1cc2ccncc2c(Nc2ccc(C[C@H](NC(=O)OC(C)(C)C)C(=O)O)cc2)n1.Cl. The molecule has 0 radical (unpaired) electrons. The highest BCUT2D eigenvalue weighted by Gasteiger charge is 2.24. The minimum absolute atomic E-state index is 0. The van der Waals surface area contributed by atoms with E-state index in [9.17, 15) is 14.7 Å². The first kappa shape index (κ1) is 24.9. The molecule has 0 saturated heterocycles. The molecule has 1 atom stereocenters. The zero-order chi connectivity index (χ0) is 22.6. The number of halogens is 1. The number of amides is 1. The fourth-order valence-electron chi connectivity index (χ4n) is 3.06. The Hall–Kier alpha value is -3.39. The highest BCUT2D eigenvalue weighted by Crippen LogP contribution is 2.25. The molecule has 0 saturated carbocycles. The van der Waals surface area contributed by atoms with Crippen molar-refractivity contribution in [1.29, 1.82) is 0 Å². The van der Waals surface area contributed by atoms with Crippen molar-refractivity contribution in [3.05, 3.63) is 60.0 Å². The Balaban J connectivity index is 0.00000363. The molecular formula is C23H27ClN4O4. The number of aliphatic carboxylic acids is 1. The highest BCUT2D eigenvalue weighted by atomic mass is 35.5. The van der Waals surface area contributed by atoms with Gasteiger partial charge in [0, 0.05) is 35.6 Å². The van der Waals surface area contributed by atoms with E-state index in [0.717, 1.165) is 27.7 Å². The molecular weight excluding hydrogens is 432 g/mol. The smallest absolute Gasteiger partial charge is 0.408 e. The number of aromatic nitrogens is 2. The second-order valence-electron chi connectivity index (χ2n) is 8.27. The zero-order valence-corrected chi connectivity index (χ0v) is 19.2. The summed E-state index contributed by atoms with van der Waals surface area (Å²) in [6, 6.07) is 10.1. The van der Waals surface area contributed by atoms with E-state index in [1.165, 1.54) is 0 Å². The fourth-order valence-corrected chi connectivity index (χ4v) is 3.06. The number of carbonyl (C=O) groups excluding carboxylic acids is 1. The van der Waals surface area contributed by atoms with E-state index in [-0.39, 0.29) is 18.8 Å². The summed E-state index contributed by atoms with van der Waals surface area (Å²) in [7, 11) is 0. The van der Waals surface area contributed by atoms with Crippen LogP contribution in [-0.2, 0) is 16.0 Å². The lowest BCUT2D eigenvalue weighted by Crippen LogP contribution is -2.44. The van der Waals surface area contributed by atoms with Crippen LogP contribution < -0.4 is 10.6 Å². The second kappa shape index (κ2) is 10.3. The van der Waals surface area contributed by atoms with Gasteiger partial charge in [-0.15, -0.1) is 12.4 Å². The van der Waals surface area contributed by atoms with E-state index < -0.39 is 23.7 Å². The lowest BCUT2D eigenvalue weighted by molar-refractivity contribution is -0.139. The van der Waals surface area contributed by atoms with Gasteiger partial charge >= 0.3 is 12.1 Å². The number of carbonyl (C=O) groups is 2. The molecule has 3 N–H and O–H groups in total. The molecule has 32 heavy (non-hydrogen) atoms. The van der Waals surface area contributed by atoms with Crippen LogP contribution in [0.25, 0.3) is 10.8 Å². The number of nitrogens with one attached hydrogen (secondary N) is 2. The summed E-state index contributed by atoms with van der Waals surface area (Å²) in [5.74, 6) is -0.429. The second-order valence-corrected chi connectivity index (χ2v) is 8.27. The summed E-state index contributed by atoms with van der Waals surface area (Å²) < 4.78 is 5.15. The van der Waals surface area contributed by atoms with Gasteiger partial charge < -0.3 is 20.5 Å². The average molecular weight is 459 g/mol. The largest absolute Gasteiger partial charge is 0.480 e. The lowest BCUT2D eigenvalue weighted by Gasteiger charge is -2.22. The summed E-state index contributed by atoms with van der Waals surface area (Å²) in [6.45, 7) is 7.08. The van der Waals surface area contributed by atoms with Crippen LogP contribution in [0.3, 0.4) is 0 Å². The number of anilines is 2. The van der Waals surface area contributed by atoms with E-state index >= 15 is 0 Å². The summed E-state index contributed by atoms with van der Waals surface area (Å²) in [6.07, 6.45) is 2.87. The molecule has 170 valence electrons. The molecule has 0 aliphatic heterocycles. The predicted molar refractivity (Wildman–Crippen MR) is 126 cm³/mol. The van der Waals surface area contributed by atoms with E-state index in [1.54, 1.807) is 33.2 Å². The number of aryl methyl sites for hydroxylation is 1. The third-order valence-corrected chi connectivity index (χ3v) is 4.41. The van der Waals surface area contributed by atoms with Gasteiger partial charge in [-0.1, -0.05) is 12.1 Å². The van der Waals surface area contributed by atoms with Crippen LogP contribution in [0.2, 0.25) is 0 Å². The van der Waals surface area contributed by atoms with E-state index in [2.05, 4.69) is 20.6 Å². The topological polar surface area (TPSA) is 113 Å². The summed E-state index contributed by atoms with van der Waals surface area (Å²) >= 11 is 0. The number of alkyl carbamates (subject to hydrolysis) is 1. The molecule has 8 nitrogen and oxygen atoms in total.